The van der Waals surface area contributed by atoms with Crippen LogP contribution in [0, 0.1) is 0 Å². The van der Waals surface area contributed by atoms with Crippen LogP contribution in [-0.2, 0) is 0 Å². The highest BCUT2D eigenvalue weighted by Gasteiger charge is 2.35. The van der Waals surface area contributed by atoms with Crippen LogP contribution in [0.4, 0.5) is 0 Å². The highest BCUT2D eigenvalue weighted by atomic mass is 32.1. The van der Waals surface area contributed by atoms with Crippen LogP contribution in [0.1, 0.15) is 31.8 Å². The third-order valence-electron chi connectivity index (χ3n) is 4.67. The number of ketones is 2. The van der Waals surface area contributed by atoms with Gasteiger partial charge in [-0.05, 0) is 18.2 Å². The van der Waals surface area contributed by atoms with Crippen LogP contribution in [0.3, 0.4) is 0 Å². The molecule has 0 bridgehead atoms. The monoisotopic (exact) mass is 389 g/mol. The molecule has 5 rings (SSSR count). The van der Waals surface area contributed by atoms with Crippen molar-refractivity contribution in [2.75, 3.05) is 0 Å². The van der Waals surface area contributed by atoms with E-state index >= 15 is 0 Å². The van der Waals surface area contributed by atoms with Crippen LogP contribution in [0.2, 0.25) is 0 Å². The molecular weight excluding hydrogens is 378 g/mol. The first-order valence-electron chi connectivity index (χ1n) is 8.19. The number of rotatable bonds is 1. The predicted octanol–water partition coefficient (Wildman–Crippen LogP) is 4.73. The van der Waals surface area contributed by atoms with Crippen molar-refractivity contribution in [2.24, 2.45) is 0 Å². The van der Waals surface area contributed by atoms with E-state index in [1.54, 1.807) is 30.3 Å². The summed E-state index contributed by atoms with van der Waals surface area (Å²) in [5, 5.41) is 11.1. The summed E-state index contributed by atoms with van der Waals surface area (Å²) in [4.78, 5) is 31.1. The van der Waals surface area contributed by atoms with Gasteiger partial charge in [-0.3, -0.25) is 9.59 Å². The second-order valence-electron chi connectivity index (χ2n) is 6.23. The maximum Gasteiger partial charge on any atom is 0.198 e. The van der Waals surface area contributed by atoms with Gasteiger partial charge in [-0.25, -0.2) is 4.98 Å². The maximum absolute atomic E-state index is 13.2. The largest absolute Gasteiger partial charge is 0.506 e. The van der Waals surface area contributed by atoms with E-state index in [0.717, 1.165) is 10.2 Å². The molecular formula is C21H11NO3S2. The summed E-state index contributed by atoms with van der Waals surface area (Å²) in [6.45, 7) is 0. The molecule has 4 aromatic rings. The number of hydrogen-bond acceptors (Lipinski definition) is 6. The van der Waals surface area contributed by atoms with E-state index in [-0.39, 0.29) is 33.3 Å². The number of carbonyl (C=O) groups excluding carboxylic acids is 2. The summed E-state index contributed by atoms with van der Waals surface area (Å²) in [6, 6.07) is 15.9. The number of aromatic hydroxyl groups is 1. The van der Waals surface area contributed by atoms with Gasteiger partial charge in [0.25, 0.3) is 0 Å². The zero-order valence-corrected chi connectivity index (χ0v) is 15.5. The van der Waals surface area contributed by atoms with Crippen molar-refractivity contribution < 1.29 is 14.7 Å². The number of thiol groups is 1. The zero-order chi connectivity index (χ0) is 18.7. The van der Waals surface area contributed by atoms with Crippen molar-refractivity contribution in [2.45, 2.75) is 4.90 Å². The van der Waals surface area contributed by atoms with Crippen molar-refractivity contribution in [1.29, 1.82) is 0 Å². The Labute approximate surface area is 163 Å². The first-order valence-corrected chi connectivity index (χ1v) is 9.46. The molecule has 6 heteroatoms. The molecule has 1 aliphatic carbocycles. The van der Waals surface area contributed by atoms with Crippen LogP contribution in [0.15, 0.2) is 59.5 Å². The van der Waals surface area contributed by atoms with E-state index in [2.05, 4.69) is 17.6 Å². The number of para-hydroxylation sites is 1. The Bertz CT molecular complexity index is 1260. The van der Waals surface area contributed by atoms with Gasteiger partial charge in [0.05, 0.1) is 15.8 Å². The Hall–Kier alpha value is -2.96. The van der Waals surface area contributed by atoms with Crippen LogP contribution in [0.5, 0.6) is 5.75 Å². The van der Waals surface area contributed by atoms with Gasteiger partial charge in [0.1, 0.15) is 10.8 Å². The molecule has 1 heterocycles. The van der Waals surface area contributed by atoms with E-state index in [1.165, 1.54) is 11.3 Å². The highest BCUT2D eigenvalue weighted by molar-refractivity contribution is 7.80. The number of aromatic nitrogens is 1. The minimum Gasteiger partial charge on any atom is -0.506 e. The van der Waals surface area contributed by atoms with Crippen LogP contribution in [-0.4, -0.2) is 21.7 Å². The minimum atomic E-state index is -0.379. The van der Waals surface area contributed by atoms with Gasteiger partial charge >= 0.3 is 0 Å². The molecule has 0 atom stereocenters. The molecule has 3 aromatic carbocycles. The normalized spacial score (nSPS) is 12.9. The SMILES string of the molecule is O=C1c2ccccc2C(=O)c2c(O)c(S)cc(-c3nc4ccccc4s3)c21. The lowest BCUT2D eigenvalue weighted by Crippen LogP contribution is -2.22. The van der Waals surface area contributed by atoms with E-state index < -0.39 is 0 Å². The van der Waals surface area contributed by atoms with Crippen molar-refractivity contribution in [3.05, 3.63) is 76.9 Å². The van der Waals surface area contributed by atoms with Crippen molar-refractivity contribution in [3.63, 3.8) is 0 Å². The number of hydrogen-bond donors (Lipinski definition) is 2. The molecule has 1 aliphatic rings. The van der Waals surface area contributed by atoms with E-state index in [0.29, 0.717) is 21.7 Å². The quantitative estimate of drug-likeness (QED) is 0.407. The summed E-state index contributed by atoms with van der Waals surface area (Å²) in [7, 11) is 0. The second-order valence-corrected chi connectivity index (χ2v) is 7.74. The number of benzene rings is 3. The fourth-order valence-corrected chi connectivity index (χ4v) is 4.65. The lowest BCUT2D eigenvalue weighted by atomic mass is 9.81. The summed E-state index contributed by atoms with van der Waals surface area (Å²) in [5.74, 6) is -0.944. The molecule has 27 heavy (non-hydrogen) atoms. The number of nitrogens with zero attached hydrogens (tertiary/aromatic N) is 1. The van der Waals surface area contributed by atoms with Crippen molar-refractivity contribution in [1.82, 2.24) is 4.98 Å². The van der Waals surface area contributed by atoms with Gasteiger partial charge in [-0.2, -0.15) is 0 Å². The number of phenolic OH excluding ortho intramolecular Hbond substituents is 1. The van der Waals surface area contributed by atoms with Crippen molar-refractivity contribution >= 4 is 45.7 Å². The lowest BCUT2D eigenvalue weighted by Gasteiger charge is -2.21. The summed E-state index contributed by atoms with van der Waals surface area (Å²) < 4.78 is 0.977. The average Bonchev–Trinajstić information content (AvgIpc) is 3.12. The molecule has 4 nitrogen and oxygen atoms in total. The Morgan fingerprint density at radius 3 is 2.19 bits per heavy atom. The van der Waals surface area contributed by atoms with E-state index in [9.17, 15) is 14.7 Å². The Balaban J connectivity index is 1.86. The molecule has 0 radical (unpaired) electrons. The molecule has 1 aromatic heterocycles. The zero-order valence-electron chi connectivity index (χ0n) is 13.8. The first kappa shape index (κ1) is 16.2. The Morgan fingerprint density at radius 1 is 0.852 bits per heavy atom. The molecule has 0 spiro atoms. The Kier molecular flexibility index (Phi) is 3.47. The first-order chi connectivity index (χ1) is 13.1. The third kappa shape index (κ3) is 2.27. The van der Waals surface area contributed by atoms with Gasteiger partial charge in [-0.1, -0.05) is 36.4 Å². The number of thiazole rings is 1. The average molecular weight is 389 g/mol. The highest BCUT2D eigenvalue weighted by Crippen LogP contribution is 2.43. The molecule has 0 saturated carbocycles. The van der Waals surface area contributed by atoms with Gasteiger partial charge in [-0.15, -0.1) is 24.0 Å². The molecule has 0 saturated heterocycles. The number of fused-ring (bicyclic) bond motifs is 3. The number of phenols is 1. The third-order valence-corrected chi connectivity index (χ3v) is 6.09. The lowest BCUT2D eigenvalue weighted by molar-refractivity contribution is 0.0976. The van der Waals surface area contributed by atoms with E-state index in [4.69, 9.17) is 0 Å². The summed E-state index contributed by atoms with van der Waals surface area (Å²) in [6.07, 6.45) is 0. The number of carbonyl (C=O) groups is 2. The molecule has 0 amide bonds. The Morgan fingerprint density at radius 2 is 1.48 bits per heavy atom. The van der Waals surface area contributed by atoms with Crippen LogP contribution >= 0.6 is 24.0 Å². The second kappa shape index (κ2) is 5.77. The van der Waals surface area contributed by atoms with Gasteiger partial charge in [0.15, 0.2) is 11.6 Å². The van der Waals surface area contributed by atoms with E-state index in [1.807, 2.05) is 24.3 Å². The smallest absolute Gasteiger partial charge is 0.198 e. The molecule has 0 aliphatic heterocycles. The fourth-order valence-electron chi connectivity index (χ4n) is 3.42. The molecule has 0 unspecified atom stereocenters. The minimum absolute atomic E-state index is 0.000422. The molecule has 130 valence electrons. The van der Waals surface area contributed by atoms with Gasteiger partial charge in [0, 0.05) is 27.1 Å². The molecule has 0 fully saturated rings. The van der Waals surface area contributed by atoms with Crippen molar-refractivity contribution in [3.8, 4) is 16.3 Å². The standard InChI is InChI=1S/C21H11NO3S2/c23-18-10-5-1-2-6-11(10)19(24)17-16(18)12(9-14(26)20(17)25)21-22-13-7-3-4-8-15(13)27-21/h1-9,25-26H. The van der Waals surface area contributed by atoms with Gasteiger partial charge < -0.3 is 5.11 Å². The maximum atomic E-state index is 13.2. The van der Waals surface area contributed by atoms with Crippen LogP contribution in [0.25, 0.3) is 20.8 Å². The fraction of sp³-hybridized carbons (Fsp3) is 0. The molecule has 1 N–H and O–H groups in total. The summed E-state index contributed by atoms with van der Waals surface area (Å²) >= 11 is 5.75. The topological polar surface area (TPSA) is 67.3 Å². The predicted molar refractivity (Wildman–Crippen MR) is 107 cm³/mol. The van der Waals surface area contributed by atoms with Crippen LogP contribution < -0.4 is 0 Å². The summed E-state index contributed by atoms with van der Waals surface area (Å²) in [5.41, 5.74) is 2.15. The van der Waals surface area contributed by atoms with Gasteiger partial charge in [0.2, 0.25) is 0 Å².